The SMILES string of the molecule is COc1ccc(N2CCN([C@H](CNC(=O)C(=O)NCCCO)c3ccco3)CC2)cc1. The Kier molecular flexibility index (Phi) is 8.31. The van der Waals surface area contributed by atoms with Crippen molar-refractivity contribution in [3.05, 3.63) is 48.4 Å². The molecular formula is C22H30N4O5. The fraction of sp³-hybridized carbons (Fsp3) is 0.455. The van der Waals surface area contributed by atoms with Gasteiger partial charge in [-0.3, -0.25) is 14.5 Å². The van der Waals surface area contributed by atoms with Gasteiger partial charge in [-0.05, 0) is 42.8 Å². The normalized spacial score (nSPS) is 15.4. The van der Waals surface area contributed by atoms with Crippen LogP contribution in [0.15, 0.2) is 47.1 Å². The lowest BCUT2D eigenvalue weighted by atomic mass is 10.1. The van der Waals surface area contributed by atoms with E-state index >= 15 is 0 Å². The number of amides is 2. The molecule has 31 heavy (non-hydrogen) atoms. The molecule has 1 aliphatic heterocycles. The number of anilines is 1. The van der Waals surface area contributed by atoms with E-state index in [2.05, 4.69) is 20.4 Å². The monoisotopic (exact) mass is 430 g/mol. The predicted octanol–water partition coefficient (Wildman–Crippen LogP) is 0.766. The summed E-state index contributed by atoms with van der Waals surface area (Å²) in [6.07, 6.45) is 2.02. The van der Waals surface area contributed by atoms with Gasteiger partial charge in [-0.15, -0.1) is 0 Å². The number of methoxy groups -OCH3 is 1. The lowest BCUT2D eigenvalue weighted by Gasteiger charge is -2.39. The molecule has 0 saturated carbocycles. The number of furan rings is 1. The molecule has 1 aliphatic rings. The average molecular weight is 431 g/mol. The molecule has 0 aliphatic carbocycles. The van der Waals surface area contributed by atoms with Crippen LogP contribution >= 0.6 is 0 Å². The Hall–Kier alpha value is -3.04. The van der Waals surface area contributed by atoms with Gasteiger partial charge in [0.25, 0.3) is 0 Å². The van der Waals surface area contributed by atoms with E-state index in [1.165, 1.54) is 0 Å². The standard InChI is InChI=1S/C22H30N4O5/c1-30-18-7-5-17(6-8-18)25-10-12-26(13-11-25)19(20-4-2-15-31-20)16-24-22(29)21(28)23-9-3-14-27/h2,4-8,15,19,27H,3,9-14,16H2,1H3,(H,23,28)(H,24,29)/t19-/m1/s1. The Morgan fingerprint density at radius 2 is 1.81 bits per heavy atom. The van der Waals surface area contributed by atoms with Gasteiger partial charge >= 0.3 is 11.8 Å². The lowest BCUT2D eigenvalue weighted by molar-refractivity contribution is -0.139. The molecule has 168 valence electrons. The first kappa shape index (κ1) is 22.6. The van der Waals surface area contributed by atoms with Crippen LogP contribution in [0.5, 0.6) is 5.75 Å². The van der Waals surface area contributed by atoms with Gasteiger partial charge in [0.1, 0.15) is 11.5 Å². The molecule has 3 N–H and O–H groups in total. The van der Waals surface area contributed by atoms with E-state index in [4.69, 9.17) is 14.3 Å². The van der Waals surface area contributed by atoms with Gasteiger partial charge in [0, 0.05) is 51.6 Å². The highest BCUT2D eigenvalue weighted by Crippen LogP contribution is 2.25. The van der Waals surface area contributed by atoms with E-state index in [9.17, 15) is 9.59 Å². The molecular weight excluding hydrogens is 400 g/mol. The summed E-state index contributed by atoms with van der Waals surface area (Å²) in [6, 6.07) is 11.5. The van der Waals surface area contributed by atoms with Crippen LogP contribution in [-0.2, 0) is 9.59 Å². The molecule has 1 aromatic heterocycles. The summed E-state index contributed by atoms with van der Waals surface area (Å²) in [5.41, 5.74) is 1.14. The zero-order chi connectivity index (χ0) is 22.1. The third-order valence-electron chi connectivity index (χ3n) is 5.35. The average Bonchev–Trinajstić information content (AvgIpc) is 3.34. The summed E-state index contributed by atoms with van der Waals surface area (Å²) < 4.78 is 10.8. The number of nitrogens with zero attached hydrogens (tertiary/aromatic N) is 2. The van der Waals surface area contributed by atoms with Gasteiger partial charge in [0.05, 0.1) is 19.4 Å². The van der Waals surface area contributed by atoms with Crippen molar-refractivity contribution in [2.24, 2.45) is 0 Å². The van der Waals surface area contributed by atoms with E-state index in [0.29, 0.717) is 6.42 Å². The van der Waals surface area contributed by atoms with Crippen LogP contribution in [0.1, 0.15) is 18.2 Å². The van der Waals surface area contributed by atoms with Gasteiger partial charge in [0.15, 0.2) is 0 Å². The molecule has 1 saturated heterocycles. The molecule has 0 spiro atoms. The first-order chi connectivity index (χ1) is 15.1. The van der Waals surface area contributed by atoms with Crippen molar-refractivity contribution in [3.63, 3.8) is 0 Å². The molecule has 0 radical (unpaired) electrons. The second kappa shape index (κ2) is 11.4. The predicted molar refractivity (Wildman–Crippen MR) is 116 cm³/mol. The minimum absolute atomic E-state index is 0.0367. The summed E-state index contributed by atoms with van der Waals surface area (Å²) in [7, 11) is 1.65. The van der Waals surface area contributed by atoms with E-state index in [1.807, 2.05) is 36.4 Å². The van der Waals surface area contributed by atoms with Gasteiger partial charge in [-0.25, -0.2) is 0 Å². The minimum atomic E-state index is -0.698. The zero-order valence-electron chi connectivity index (χ0n) is 17.8. The first-order valence-corrected chi connectivity index (χ1v) is 10.5. The van der Waals surface area contributed by atoms with Crippen molar-refractivity contribution in [2.75, 3.05) is 57.9 Å². The molecule has 2 aromatic rings. The Morgan fingerprint density at radius 1 is 1.10 bits per heavy atom. The van der Waals surface area contributed by atoms with Crippen molar-refractivity contribution in [3.8, 4) is 5.75 Å². The lowest BCUT2D eigenvalue weighted by Crippen LogP contribution is -2.50. The highest BCUT2D eigenvalue weighted by Gasteiger charge is 2.28. The summed E-state index contributed by atoms with van der Waals surface area (Å²) in [5, 5.41) is 14.0. The molecule has 2 heterocycles. The maximum absolute atomic E-state index is 12.1. The number of aliphatic hydroxyl groups is 1. The van der Waals surface area contributed by atoms with Gasteiger partial charge in [0.2, 0.25) is 0 Å². The number of carbonyl (C=O) groups excluding carboxylic acids is 2. The highest BCUT2D eigenvalue weighted by atomic mass is 16.5. The molecule has 2 amide bonds. The van der Waals surface area contributed by atoms with Crippen LogP contribution in [0.3, 0.4) is 0 Å². The summed E-state index contributed by atoms with van der Waals surface area (Å²) in [5.74, 6) is 0.192. The number of benzene rings is 1. The molecule has 9 nitrogen and oxygen atoms in total. The number of nitrogens with one attached hydrogen (secondary N) is 2. The van der Waals surface area contributed by atoms with Crippen molar-refractivity contribution < 1.29 is 23.8 Å². The smallest absolute Gasteiger partial charge is 0.309 e. The fourth-order valence-electron chi connectivity index (χ4n) is 3.61. The Bertz CT molecular complexity index is 817. The number of ether oxygens (including phenoxy) is 1. The van der Waals surface area contributed by atoms with E-state index in [-0.39, 0.29) is 25.7 Å². The summed E-state index contributed by atoms with van der Waals surface area (Å²) in [6.45, 7) is 3.73. The Labute approximate surface area is 182 Å². The second-order valence-electron chi connectivity index (χ2n) is 7.30. The first-order valence-electron chi connectivity index (χ1n) is 10.5. The van der Waals surface area contributed by atoms with Crippen LogP contribution in [0.4, 0.5) is 5.69 Å². The quantitative estimate of drug-likeness (QED) is 0.398. The third kappa shape index (κ3) is 6.22. The van der Waals surface area contributed by atoms with Crippen molar-refractivity contribution in [2.45, 2.75) is 12.5 Å². The van der Waals surface area contributed by atoms with Crippen molar-refractivity contribution in [1.29, 1.82) is 0 Å². The summed E-state index contributed by atoms with van der Waals surface area (Å²) in [4.78, 5) is 28.6. The van der Waals surface area contributed by atoms with Crippen LogP contribution in [0.2, 0.25) is 0 Å². The van der Waals surface area contributed by atoms with Crippen LogP contribution in [-0.4, -0.2) is 74.8 Å². The third-order valence-corrected chi connectivity index (χ3v) is 5.35. The number of carbonyl (C=O) groups is 2. The minimum Gasteiger partial charge on any atom is -0.497 e. The van der Waals surface area contributed by atoms with Crippen LogP contribution in [0.25, 0.3) is 0 Å². The molecule has 3 rings (SSSR count). The van der Waals surface area contributed by atoms with Crippen LogP contribution in [0, 0.1) is 0 Å². The Balaban J connectivity index is 1.56. The maximum Gasteiger partial charge on any atom is 0.309 e. The molecule has 9 heteroatoms. The van der Waals surface area contributed by atoms with Gasteiger partial charge in [-0.1, -0.05) is 0 Å². The zero-order valence-corrected chi connectivity index (χ0v) is 17.8. The number of hydrogen-bond donors (Lipinski definition) is 3. The number of aliphatic hydroxyl groups excluding tert-OH is 1. The maximum atomic E-state index is 12.1. The van der Waals surface area contributed by atoms with E-state index in [1.54, 1.807) is 13.4 Å². The largest absolute Gasteiger partial charge is 0.497 e. The Morgan fingerprint density at radius 3 is 2.42 bits per heavy atom. The topological polar surface area (TPSA) is 107 Å². The summed E-state index contributed by atoms with van der Waals surface area (Å²) >= 11 is 0. The molecule has 1 fully saturated rings. The fourth-order valence-corrected chi connectivity index (χ4v) is 3.61. The second-order valence-corrected chi connectivity index (χ2v) is 7.30. The molecule has 1 aromatic carbocycles. The number of piperazine rings is 1. The van der Waals surface area contributed by atoms with E-state index < -0.39 is 11.8 Å². The van der Waals surface area contributed by atoms with E-state index in [0.717, 1.165) is 43.4 Å². The molecule has 1 atom stereocenters. The van der Waals surface area contributed by atoms with Crippen LogP contribution < -0.4 is 20.3 Å². The number of hydrogen-bond acceptors (Lipinski definition) is 7. The van der Waals surface area contributed by atoms with Crippen molar-refractivity contribution >= 4 is 17.5 Å². The highest BCUT2D eigenvalue weighted by molar-refractivity contribution is 6.35. The van der Waals surface area contributed by atoms with Crippen molar-refractivity contribution in [1.82, 2.24) is 15.5 Å². The number of rotatable bonds is 9. The van der Waals surface area contributed by atoms with Gasteiger partial charge < -0.3 is 29.8 Å². The van der Waals surface area contributed by atoms with Gasteiger partial charge in [-0.2, -0.15) is 0 Å². The molecule has 0 unspecified atom stereocenters. The molecule has 0 bridgehead atoms.